The van der Waals surface area contributed by atoms with Crippen LogP contribution < -0.4 is 0 Å². The predicted octanol–water partition coefficient (Wildman–Crippen LogP) is 3.34. The van der Waals surface area contributed by atoms with E-state index in [1.165, 1.54) is 0 Å². The zero-order chi connectivity index (χ0) is 12.5. The molecule has 0 fully saturated rings. The smallest absolute Gasteiger partial charge is 0.146 e. The minimum Gasteiger partial charge on any atom is -0.428 e. The molecule has 0 saturated carbocycles. The van der Waals surface area contributed by atoms with Gasteiger partial charge in [0.05, 0.1) is 11.2 Å². The van der Waals surface area contributed by atoms with Gasteiger partial charge in [-0.2, -0.15) is 4.73 Å². The molecule has 2 heterocycles. The standard InChI is InChI=1S/C13H9N3O2/c17-15-12-9-5-1-2-7-11(9)16(18)13(12)10-6-3-4-8-14-10/h1-8,18H. The number of hydrogen-bond donors (Lipinski definition) is 1. The zero-order valence-corrected chi connectivity index (χ0v) is 9.32. The molecule has 0 atom stereocenters. The third-order valence-corrected chi connectivity index (χ3v) is 2.82. The van der Waals surface area contributed by atoms with Gasteiger partial charge in [0.25, 0.3) is 0 Å². The molecule has 2 aromatic heterocycles. The number of fused-ring (bicyclic) bond motifs is 1. The Bertz CT molecular complexity index is 720. The maximum absolute atomic E-state index is 11.0. The highest BCUT2D eigenvalue weighted by molar-refractivity contribution is 5.99. The van der Waals surface area contributed by atoms with Crippen molar-refractivity contribution in [3.63, 3.8) is 0 Å². The number of aromatic nitrogens is 2. The fourth-order valence-electron chi connectivity index (χ4n) is 2.03. The van der Waals surface area contributed by atoms with Crippen molar-refractivity contribution in [2.45, 2.75) is 0 Å². The van der Waals surface area contributed by atoms with Crippen LogP contribution in [0.5, 0.6) is 0 Å². The molecule has 1 aromatic carbocycles. The molecule has 0 spiro atoms. The molecule has 0 aliphatic heterocycles. The Morgan fingerprint density at radius 1 is 1.11 bits per heavy atom. The van der Waals surface area contributed by atoms with E-state index in [1.807, 2.05) is 0 Å². The lowest BCUT2D eigenvalue weighted by molar-refractivity contribution is 0.204. The molecule has 0 aliphatic carbocycles. The van der Waals surface area contributed by atoms with Gasteiger partial charge in [-0.05, 0) is 23.4 Å². The minimum atomic E-state index is 0.201. The van der Waals surface area contributed by atoms with Gasteiger partial charge in [-0.3, -0.25) is 4.98 Å². The second-order valence-corrected chi connectivity index (χ2v) is 3.83. The van der Waals surface area contributed by atoms with Gasteiger partial charge >= 0.3 is 0 Å². The first-order chi connectivity index (χ1) is 8.83. The van der Waals surface area contributed by atoms with Gasteiger partial charge < -0.3 is 5.21 Å². The van der Waals surface area contributed by atoms with E-state index in [9.17, 15) is 10.1 Å². The van der Waals surface area contributed by atoms with Crippen molar-refractivity contribution in [3.8, 4) is 11.4 Å². The van der Waals surface area contributed by atoms with Crippen molar-refractivity contribution >= 4 is 16.6 Å². The van der Waals surface area contributed by atoms with Crippen LogP contribution in [-0.4, -0.2) is 14.9 Å². The Kier molecular flexibility index (Phi) is 2.30. The molecule has 3 rings (SSSR count). The molecule has 1 N–H and O–H groups in total. The zero-order valence-electron chi connectivity index (χ0n) is 9.32. The van der Waals surface area contributed by atoms with Gasteiger partial charge in [-0.1, -0.05) is 24.3 Å². The lowest BCUT2D eigenvalue weighted by Gasteiger charge is -2.01. The molecule has 0 saturated heterocycles. The highest BCUT2D eigenvalue weighted by atomic mass is 16.5. The minimum absolute atomic E-state index is 0.201. The Labute approximate surface area is 102 Å². The molecule has 0 unspecified atom stereocenters. The summed E-state index contributed by atoms with van der Waals surface area (Å²) >= 11 is 0. The molecule has 5 nitrogen and oxygen atoms in total. The van der Waals surface area contributed by atoms with E-state index < -0.39 is 0 Å². The Balaban J connectivity index is 2.42. The number of benzene rings is 1. The molecule has 3 aromatic rings. The van der Waals surface area contributed by atoms with E-state index in [0.29, 0.717) is 22.3 Å². The first-order valence-electron chi connectivity index (χ1n) is 5.40. The molecule has 5 heteroatoms. The van der Waals surface area contributed by atoms with E-state index in [0.717, 1.165) is 4.73 Å². The van der Waals surface area contributed by atoms with Crippen LogP contribution in [0.2, 0.25) is 0 Å². The summed E-state index contributed by atoms with van der Waals surface area (Å²) in [6, 6.07) is 12.3. The predicted molar refractivity (Wildman–Crippen MR) is 67.8 cm³/mol. The first-order valence-corrected chi connectivity index (χ1v) is 5.40. The van der Waals surface area contributed by atoms with Crippen molar-refractivity contribution < 1.29 is 5.21 Å². The van der Waals surface area contributed by atoms with Crippen LogP contribution in [0.1, 0.15) is 0 Å². The van der Waals surface area contributed by atoms with E-state index >= 15 is 0 Å². The highest BCUT2D eigenvalue weighted by Crippen LogP contribution is 2.38. The van der Waals surface area contributed by atoms with Gasteiger partial charge in [0, 0.05) is 11.6 Å². The van der Waals surface area contributed by atoms with Crippen LogP contribution in [0.25, 0.3) is 22.3 Å². The molecule has 18 heavy (non-hydrogen) atoms. The van der Waals surface area contributed by atoms with E-state index in [4.69, 9.17) is 0 Å². The summed E-state index contributed by atoms with van der Waals surface area (Å²) in [6.45, 7) is 0. The van der Waals surface area contributed by atoms with Crippen LogP contribution in [0.15, 0.2) is 53.8 Å². The average Bonchev–Trinajstić information content (AvgIpc) is 2.73. The lowest BCUT2D eigenvalue weighted by atomic mass is 10.2. The number of pyridine rings is 1. The van der Waals surface area contributed by atoms with Gasteiger partial charge in [-0.15, -0.1) is 4.91 Å². The number of rotatable bonds is 2. The summed E-state index contributed by atoms with van der Waals surface area (Å²) in [5.74, 6) is 0. The van der Waals surface area contributed by atoms with E-state index in [1.54, 1.807) is 48.7 Å². The Hall–Kier alpha value is -2.69. The number of nitroso groups, excluding NO2 is 1. The molecule has 0 bridgehead atoms. The van der Waals surface area contributed by atoms with Crippen molar-refractivity contribution in [2.75, 3.05) is 0 Å². The molecule has 0 radical (unpaired) electrons. The van der Waals surface area contributed by atoms with Crippen molar-refractivity contribution in [2.24, 2.45) is 5.18 Å². The second kappa shape index (κ2) is 3.96. The van der Waals surface area contributed by atoms with Crippen molar-refractivity contribution in [3.05, 3.63) is 53.6 Å². The monoisotopic (exact) mass is 239 g/mol. The van der Waals surface area contributed by atoms with Gasteiger partial charge in [-0.25, -0.2) is 0 Å². The molecule has 0 aliphatic rings. The van der Waals surface area contributed by atoms with Crippen LogP contribution in [0.3, 0.4) is 0 Å². The largest absolute Gasteiger partial charge is 0.428 e. The van der Waals surface area contributed by atoms with Crippen LogP contribution >= 0.6 is 0 Å². The number of nitrogens with zero attached hydrogens (tertiary/aromatic N) is 3. The van der Waals surface area contributed by atoms with E-state index in [2.05, 4.69) is 10.2 Å². The van der Waals surface area contributed by atoms with Gasteiger partial charge in [0.2, 0.25) is 0 Å². The Morgan fingerprint density at radius 3 is 2.61 bits per heavy atom. The molecular formula is C13H9N3O2. The molecule has 0 amide bonds. The summed E-state index contributed by atoms with van der Waals surface area (Å²) in [5.41, 5.74) is 1.55. The van der Waals surface area contributed by atoms with Crippen LogP contribution in [0, 0.1) is 4.91 Å². The first kappa shape index (κ1) is 10.5. The third kappa shape index (κ3) is 1.37. The van der Waals surface area contributed by atoms with Crippen molar-refractivity contribution in [1.29, 1.82) is 0 Å². The number of para-hydroxylation sites is 1. The van der Waals surface area contributed by atoms with Crippen LogP contribution in [0.4, 0.5) is 5.69 Å². The fraction of sp³-hybridized carbons (Fsp3) is 0. The Morgan fingerprint density at radius 2 is 1.89 bits per heavy atom. The average molecular weight is 239 g/mol. The van der Waals surface area contributed by atoms with E-state index in [-0.39, 0.29) is 5.69 Å². The maximum atomic E-state index is 11.0. The number of hydrogen-bond acceptors (Lipinski definition) is 4. The fourth-order valence-corrected chi connectivity index (χ4v) is 2.03. The summed E-state index contributed by atoms with van der Waals surface area (Å²) in [7, 11) is 0. The third-order valence-electron chi connectivity index (χ3n) is 2.82. The normalized spacial score (nSPS) is 10.7. The lowest BCUT2D eigenvalue weighted by Crippen LogP contribution is -1.94. The SMILES string of the molecule is O=Nc1c(-c2ccccn2)n(O)c2ccccc12. The topological polar surface area (TPSA) is 67.5 Å². The highest BCUT2D eigenvalue weighted by Gasteiger charge is 2.19. The summed E-state index contributed by atoms with van der Waals surface area (Å²) in [5, 5.41) is 13.8. The summed E-state index contributed by atoms with van der Waals surface area (Å²) < 4.78 is 0.953. The van der Waals surface area contributed by atoms with Gasteiger partial charge in [0.15, 0.2) is 0 Å². The van der Waals surface area contributed by atoms with Crippen molar-refractivity contribution in [1.82, 2.24) is 9.71 Å². The quantitative estimate of drug-likeness (QED) is 0.550. The maximum Gasteiger partial charge on any atom is 0.146 e. The summed E-state index contributed by atoms with van der Waals surface area (Å²) in [4.78, 5) is 15.2. The summed E-state index contributed by atoms with van der Waals surface area (Å²) in [6.07, 6.45) is 1.60. The molecular weight excluding hydrogens is 230 g/mol. The second-order valence-electron chi connectivity index (χ2n) is 3.83. The molecule has 88 valence electrons. The van der Waals surface area contributed by atoms with Gasteiger partial charge in [0.1, 0.15) is 11.4 Å². The van der Waals surface area contributed by atoms with Crippen LogP contribution in [-0.2, 0) is 0 Å².